The molecule has 0 saturated heterocycles. The third kappa shape index (κ3) is 4.64. The van der Waals surface area contributed by atoms with E-state index in [1.807, 2.05) is 13.0 Å². The van der Waals surface area contributed by atoms with Gasteiger partial charge in [0.2, 0.25) is 10.0 Å². The quantitative estimate of drug-likeness (QED) is 0.720. The van der Waals surface area contributed by atoms with Crippen LogP contribution < -0.4 is 14.2 Å². The minimum Gasteiger partial charge on any atom is -0.497 e. The smallest absolute Gasteiger partial charge is 0.246 e. The summed E-state index contributed by atoms with van der Waals surface area (Å²) in [7, 11) is 0.909. The summed E-state index contributed by atoms with van der Waals surface area (Å²) in [6.07, 6.45) is 0. The summed E-state index contributed by atoms with van der Waals surface area (Å²) in [6, 6.07) is 12.2. The third-order valence-corrected chi connectivity index (χ3v) is 5.62. The first kappa shape index (κ1) is 19.1. The fourth-order valence-corrected chi connectivity index (χ4v) is 3.63. The maximum Gasteiger partial charge on any atom is 0.246 e. The summed E-state index contributed by atoms with van der Waals surface area (Å²) < 4.78 is 42.6. The Morgan fingerprint density at radius 1 is 0.960 bits per heavy atom. The van der Waals surface area contributed by atoms with Gasteiger partial charge in [0.05, 0.1) is 14.2 Å². The molecule has 0 bridgehead atoms. The molecule has 0 radical (unpaired) electrons. The molecular weight excluding hydrogens is 342 g/mol. The van der Waals surface area contributed by atoms with Crippen molar-refractivity contribution in [2.24, 2.45) is 0 Å². The maximum absolute atomic E-state index is 12.8. The summed E-state index contributed by atoms with van der Waals surface area (Å²) in [5.41, 5.74) is 0.849. The first-order valence-corrected chi connectivity index (χ1v) is 9.20. The number of likely N-dealkylation sites (N-methyl/N-ethyl adjacent to an activating group) is 1. The Morgan fingerprint density at radius 3 is 2.20 bits per heavy atom. The molecule has 0 atom stereocenters. The van der Waals surface area contributed by atoms with E-state index in [2.05, 4.69) is 0 Å². The first-order valence-electron chi connectivity index (χ1n) is 7.76. The topological polar surface area (TPSA) is 65.1 Å². The summed E-state index contributed by atoms with van der Waals surface area (Å²) in [4.78, 5) is 0.155. The van der Waals surface area contributed by atoms with Gasteiger partial charge in [-0.05, 0) is 48.9 Å². The number of benzene rings is 2. The van der Waals surface area contributed by atoms with Gasteiger partial charge in [0, 0.05) is 13.6 Å². The van der Waals surface area contributed by atoms with Crippen LogP contribution in [0.2, 0.25) is 0 Å². The van der Waals surface area contributed by atoms with Gasteiger partial charge < -0.3 is 14.2 Å². The van der Waals surface area contributed by atoms with Gasteiger partial charge in [-0.1, -0.05) is 6.07 Å². The number of ether oxygens (including phenoxy) is 3. The van der Waals surface area contributed by atoms with E-state index in [4.69, 9.17) is 14.2 Å². The van der Waals surface area contributed by atoms with Crippen molar-refractivity contribution in [3.05, 3.63) is 48.0 Å². The Labute approximate surface area is 149 Å². The fourth-order valence-electron chi connectivity index (χ4n) is 2.24. The molecule has 0 aliphatic heterocycles. The Morgan fingerprint density at radius 2 is 1.60 bits per heavy atom. The van der Waals surface area contributed by atoms with Gasteiger partial charge >= 0.3 is 0 Å². The number of nitrogens with zero attached hydrogens (tertiary/aromatic N) is 1. The molecule has 0 heterocycles. The molecule has 0 saturated carbocycles. The third-order valence-electron chi connectivity index (χ3n) is 3.74. The molecule has 136 valence electrons. The van der Waals surface area contributed by atoms with Crippen LogP contribution in [0.25, 0.3) is 0 Å². The summed E-state index contributed by atoms with van der Waals surface area (Å²) in [6.45, 7) is 2.28. The zero-order valence-electron chi connectivity index (χ0n) is 14.9. The predicted octanol–water partition coefficient (Wildman–Crippen LogP) is 2.71. The number of methoxy groups -OCH3 is 2. The van der Waals surface area contributed by atoms with Crippen molar-refractivity contribution in [2.45, 2.75) is 11.8 Å². The van der Waals surface area contributed by atoms with E-state index in [1.165, 1.54) is 18.5 Å². The maximum atomic E-state index is 12.8. The molecule has 0 aliphatic rings. The van der Waals surface area contributed by atoms with Gasteiger partial charge in [-0.3, -0.25) is 0 Å². The van der Waals surface area contributed by atoms with Crippen LogP contribution in [0.15, 0.2) is 47.4 Å². The van der Waals surface area contributed by atoms with E-state index in [0.29, 0.717) is 11.5 Å². The van der Waals surface area contributed by atoms with Crippen molar-refractivity contribution < 1.29 is 22.6 Å². The van der Waals surface area contributed by atoms with Gasteiger partial charge in [0.25, 0.3) is 0 Å². The standard InChI is InChI=1S/C18H23NO5S/c1-14-5-10-17(23-4)18(13-14)25(20,21)19(2)11-12-24-16-8-6-15(22-3)7-9-16/h5-10,13H,11-12H2,1-4H3. The van der Waals surface area contributed by atoms with Crippen molar-refractivity contribution >= 4 is 10.0 Å². The van der Waals surface area contributed by atoms with Crippen LogP contribution in [0.4, 0.5) is 0 Å². The lowest BCUT2D eigenvalue weighted by molar-refractivity contribution is 0.286. The summed E-state index contributed by atoms with van der Waals surface area (Å²) in [5.74, 6) is 1.71. The molecule has 0 spiro atoms. The highest BCUT2D eigenvalue weighted by Crippen LogP contribution is 2.27. The summed E-state index contributed by atoms with van der Waals surface area (Å²) in [5, 5.41) is 0. The monoisotopic (exact) mass is 365 g/mol. The highest BCUT2D eigenvalue weighted by atomic mass is 32.2. The lowest BCUT2D eigenvalue weighted by Gasteiger charge is -2.19. The molecule has 7 heteroatoms. The van der Waals surface area contributed by atoms with E-state index in [9.17, 15) is 8.42 Å². The van der Waals surface area contributed by atoms with Crippen molar-refractivity contribution in [3.8, 4) is 17.2 Å². The van der Waals surface area contributed by atoms with Crippen molar-refractivity contribution in [1.29, 1.82) is 0 Å². The highest BCUT2D eigenvalue weighted by Gasteiger charge is 2.24. The Bertz CT molecular complexity index is 803. The van der Waals surface area contributed by atoms with Crippen LogP contribution >= 0.6 is 0 Å². The number of hydrogen-bond acceptors (Lipinski definition) is 5. The zero-order valence-corrected chi connectivity index (χ0v) is 15.7. The van der Waals surface area contributed by atoms with E-state index < -0.39 is 10.0 Å². The largest absolute Gasteiger partial charge is 0.497 e. The molecular formula is C18H23NO5S. The van der Waals surface area contributed by atoms with Crippen molar-refractivity contribution in [2.75, 3.05) is 34.4 Å². The lowest BCUT2D eigenvalue weighted by Crippen LogP contribution is -2.31. The Hall–Kier alpha value is -2.25. The molecule has 0 aliphatic carbocycles. The van der Waals surface area contributed by atoms with Crippen LogP contribution in [0.3, 0.4) is 0 Å². The van der Waals surface area contributed by atoms with Crippen LogP contribution in [-0.4, -0.2) is 47.1 Å². The zero-order chi connectivity index (χ0) is 18.4. The molecule has 2 aromatic rings. The molecule has 0 amide bonds. The fraction of sp³-hybridized carbons (Fsp3) is 0.333. The lowest BCUT2D eigenvalue weighted by atomic mass is 10.2. The molecule has 0 N–H and O–H groups in total. The number of sulfonamides is 1. The second kappa shape index (κ2) is 8.22. The van der Waals surface area contributed by atoms with Crippen LogP contribution in [0.5, 0.6) is 17.2 Å². The molecule has 0 aromatic heterocycles. The van der Waals surface area contributed by atoms with Gasteiger partial charge in [-0.15, -0.1) is 0 Å². The van der Waals surface area contributed by atoms with Crippen molar-refractivity contribution in [1.82, 2.24) is 4.31 Å². The van der Waals surface area contributed by atoms with E-state index in [0.717, 1.165) is 11.3 Å². The van der Waals surface area contributed by atoms with Crippen LogP contribution in [0, 0.1) is 6.92 Å². The van der Waals surface area contributed by atoms with Crippen molar-refractivity contribution in [3.63, 3.8) is 0 Å². The number of aryl methyl sites for hydroxylation is 1. The number of rotatable bonds is 8. The molecule has 2 rings (SSSR count). The molecule has 6 nitrogen and oxygen atoms in total. The Kier molecular flexibility index (Phi) is 6.27. The van der Waals surface area contributed by atoms with Gasteiger partial charge in [0.15, 0.2) is 0 Å². The number of hydrogen-bond donors (Lipinski definition) is 0. The average Bonchev–Trinajstić information content (AvgIpc) is 2.62. The molecule has 25 heavy (non-hydrogen) atoms. The van der Waals surface area contributed by atoms with Crippen LogP contribution in [0.1, 0.15) is 5.56 Å². The van der Waals surface area contributed by atoms with E-state index in [-0.39, 0.29) is 18.0 Å². The minimum absolute atomic E-state index is 0.155. The predicted molar refractivity (Wildman–Crippen MR) is 96.0 cm³/mol. The highest BCUT2D eigenvalue weighted by molar-refractivity contribution is 7.89. The molecule has 0 unspecified atom stereocenters. The second-order valence-corrected chi connectivity index (χ2v) is 7.52. The first-order chi connectivity index (χ1) is 11.9. The normalized spacial score (nSPS) is 11.4. The van der Waals surface area contributed by atoms with Gasteiger partial charge in [0.1, 0.15) is 28.8 Å². The van der Waals surface area contributed by atoms with Gasteiger partial charge in [-0.2, -0.15) is 4.31 Å². The average molecular weight is 365 g/mol. The van der Waals surface area contributed by atoms with E-state index >= 15 is 0 Å². The second-order valence-electron chi connectivity index (χ2n) is 5.50. The summed E-state index contributed by atoms with van der Waals surface area (Å²) >= 11 is 0. The minimum atomic E-state index is -3.66. The Balaban J connectivity index is 2.03. The van der Waals surface area contributed by atoms with Crippen LogP contribution in [-0.2, 0) is 10.0 Å². The van der Waals surface area contributed by atoms with Gasteiger partial charge in [-0.25, -0.2) is 8.42 Å². The SMILES string of the molecule is COc1ccc(OCCN(C)S(=O)(=O)c2cc(C)ccc2OC)cc1. The van der Waals surface area contributed by atoms with E-state index in [1.54, 1.807) is 43.5 Å². The molecule has 2 aromatic carbocycles. The molecule has 0 fully saturated rings.